The van der Waals surface area contributed by atoms with Crippen LogP contribution in [0.1, 0.15) is 20.8 Å². The van der Waals surface area contributed by atoms with Gasteiger partial charge < -0.3 is 0 Å². The van der Waals surface area contributed by atoms with Gasteiger partial charge >= 0.3 is 61.9 Å². The van der Waals surface area contributed by atoms with Crippen molar-refractivity contribution in [3.05, 3.63) is 6.08 Å². The molecule has 8 heavy (non-hydrogen) atoms. The van der Waals surface area contributed by atoms with E-state index < -0.39 is 0 Å². The first kappa shape index (κ1) is 8.56. The Morgan fingerprint density at radius 3 is 2.12 bits per heavy atom. The van der Waals surface area contributed by atoms with Gasteiger partial charge in [0.25, 0.3) is 0 Å². The molecule has 0 aromatic carbocycles. The van der Waals surface area contributed by atoms with Gasteiger partial charge in [-0.3, -0.25) is 0 Å². The summed E-state index contributed by atoms with van der Waals surface area (Å²) in [5.74, 6) is 0. The van der Waals surface area contributed by atoms with E-state index >= 15 is 0 Å². The predicted molar refractivity (Wildman–Crippen MR) is 34.9 cm³/mol. The van der Waals surface area contributed by atoms with E-state index in [0.717, 1.165) is 0 Å². The standard InChI is InChI=1S/C6H10.ClH.Ru/c1-5-6(2,3)4;;/h5H,2-4H3;1H;/q;;+1/p-1. The van der Waals surface area contributed by atoms with Gasteiger partial charge in [0.15, 0.2) is 0 Å². The summed E-state index contributed by atoms with van der Waals surface area (Å²) in [7, 11) is 5.46. The molecule has 0 aliphatic heterocycles. The van der Waals surface area contributed by atoms with Gasteiger partial charge in [-0.2, -0.15) is 0 Å². The van der Waals surface area contributed by atoms with Gasteiger partial charge in [-0.15, -0.1) is 0 Å². The Morgan fingerprint density at radius 1 is 1.50 bits per heavy atom. The molecule has 49 valence electrons. The number of halogens is 1. The van der Waals surface area contributed by atoms with E-state index in [2.05, 4.69) is 25.0 Å². The molecule has 0 amide bonds. The van der Waals surface area contributed by atoms with Gasteiger partial charge in [-0.1, -0.05) is 0 Å². The van der Waals surface area contributed by atoms with Gasteiger partial charge in [0.2, 0.25) is 0 Å². The molecule has 0 N–H and O–H groups in total. The van der Waals surface area contributed by atoms with Crippen molar-refractivity contribution in [3.63, 3.8) is 0 Å². The molecular weight excluding hydrogens is 209 g/mol. The fraction of sp³-hybridized carbons (Fsp3) is 0.667. The Bertz CT molecular complexity index is 115. The zero-order valence-electron chi connectivity index (χ0n) is 5.31. The van der Waals surface area contributed by atoms with Gasteiger partial charge in [0.05, 0.1) is 0 Å². The van der Waals surface area contributed by atoms with Crippen molar-refractivity contribution in [1.29, 1.82) is 0 Å². The first-order valence-electron chi connectivity index (χ1n) is 2.39. The van der Waals surface area contributed by atoms with Crippen molar-refractivity contribution < 1.29 is 15.7 Å². The molecule has 0 fully saturated rings. The first-order chi connectivity index (χ1) is 3.56. The average Bonchev–Trinajstić information content (AvgIpc) is 1.59. The number of rotatable bonds is 0. The molecule has 0 aliphatic carbocycles. The van der Waals surface area contributed by atoms with E-state index in [1.54, 1.807) is 0 Å². The van der Waals surface area contributed by atoms with Crippen molar-refractivity contribution >= 4 is 14.0 Å². The first-order valence-corrected chi connectivity index (χ1v) is 5.49. The summed E-state index contributed by atoms with van der Waals surface area (Å²) in [4.78, 5) is 0. The van der Waals surface area contributed by atoms with Crippen molar-refractivity contribution in [3.8, 4) is 0 Å². The molecule has 0 saturated carbocycles. The molecule has 0 unspecified atom stereocenters. The van der Waals surface area contributed by atoms with Gasteiger partial charge in [-0.25, -0.2) is 0 Å². The molecule has 0 heterocycles. The second-order valence-corrected chi connectivity index (χ2v) is 4.30. The monoisotopic (exact) mass is 219 g/mol. The van der Waals surface area contributed by atoms with Crippen molar-refractivity contribution in [2.75, 3.05) is 0 Å². The van der Waals surface area contributed by atoms with Gasteiger partial charge in [-0.05, 0) is 0 Å². The third kappa shape index (κ3) is 6.56. The molecule has 0 rings (SSSR count). The molecule has 0 atom stereocenters. The molecule has 0 bridgehead atoms. The van der Waals surface area contributed by atoms with Crippen LogP contribution in [-0.2, 0) is 15.7 Å². The Morgan fingerprint density at radius 2 is 2.00 bits per heavy atom. The molecule has 2 heteroatoms. The summed E-state index contributed by atoms with van der Waals surface area (Å²) >= 11 is -0.148. The summed E-state index contributed by atoms with van der Waals surface area (Å²) in [6, 6.07) is 0. The third-order valence-electron chi connectivity index (χ3n) is 0.523. The topological polar surface area (TPSA) is 0 Å². The van der Waals surface area contributed by atoms with E-state index in [4.69, 9.17) is 9.69 Å². The summed E-state index contributed by atoms with van der Waals surface area (Å²) < 4.78 is 3.02. The molecule has 0 aromatic rings. The van der Waals surface area contributed by atoms with E-state index in [9.17, 15) is 0 Å². The minimum atomic E-state index is -0.148. The van der Waals surface area contributed by atoms with Gasteiger partial charge in [0, 0.05) is 0 Å². The van der Waals surface area contributed by atoms with Gasteiger partial charge in [0.1, 0.15) is 0 Å². The van der Waals surface area contributed by atoms with E-state index in [0.29, 0.717) is 0 Å². The number of hydrogen-bond acceptors (Lipinski definition) is 0. The predicted octanol–water partition coefficient (Wildman–Crippen LogP) is 2.23. The summed E-state index contributed by atoms with van der Waals surface area (Å²) in [5, 5.41) is 0. The van der Waals surface area contributed by atoms with Crippen LogP contribution in [0.3, 0.4) is 0 Å². The number of hydrogen-bond donors (Lipinski definition) is 0. The third-order valence-corrected chi connectivity index (χ3v) is 1.42. The van der Waals surface area contributed by atoms with Crippen LogP contribution in [0.2, 0.25) is 0 Å². The Balaban J connectivity index is 3.89. The fourth-order valence-corrected chi connectivity index (χ4v) is 1.25. The number of allylic oxidation sites excluding steroid dienone is 1. The quantitative estimate of drug-likeness (QED) is 0.547. The molecule has 0 aromatic heterocycles. The van der Waals surface area contributed by atoms with Crippen LogP contribution in [-0.4, -0.2) is 4.26 Å². The Hall–Kier alpha value is 0.563. The normalized spacial score (nSPS) is 10.5. The molecule has 0 nitrogen and oxygen atoms in total. The van der Waals surface area contributed by atoms with Crippen molar-refractivity contribution in [2.24, 2.45) is 5.41 Å². The van der Waals surface area contributed by atoms with Crippen LogP contribution in [0.4, 0.5) is 0 Å². The zero-order valence-corrected chi connectivity index (χ0v) is 7.80. The van der Waals surface area contributed by atoms with E-state index in [1.807, 2.05) is 6.08 Å². The molecule has 0 radical (unpaired) electrons. The van der Waals surface area contributed by atoms with Crippen LogP contribution >= 0.6 is 9.69 Å². The fourth-order valence-electron chi connectivity index (χ4n) is 0.172. The summed E-state index contributed by atoms with van der Waals surface area (Å²) in [5.41, 5.74) is 0.254. The van der Waals surface area contributed by atoms with Crippen molar-refractivity contribution in [2.45, 2.75) is 20.8 Å². The Kier molecular flexibility index (Phi) is 3.81. The molecular formula is C6H10ClRu. The minimum absolute atomic E-state index is 0.148. The second kappa shape index (κ2) is 3.56. The maximum atomic E-state index is 5.46. The molecule has 0 spiro atoms. The van der Waals surface area contributed by atoms with Crippen LogP contribution in [0.15, 0.2) is 6.08 Å². The zero-order chi connectivity index (χ0) is 6.62. The molecule has 0 saturated heterocycles. The Labute approximate surface area is 62.1 Å². The SMILES string of the molecule is CC(C)(C)C=[C]=[Ru][Cl]. The van der Waals surface area contributed by atoms with E-state index in [-0.39, 0.29) is 21.1 Å². The molecule has 0 aliphatic rings. The van der Waals surface area contributed by atoms with Crippen LogP contribution in [0, 0.1) is 5.41 Å². The van der Waals surface area contributed by atoms with E-state index in [1.165, 1.54) is 0 Å². The van der Waals surface area contributed by atoms with Crippen LogP contribution < -0.4 is 0 Å². The summed E-state index contributed by atoms with van der Waals surface area (Å²) in [6.45, 7) is 6.40. The van der Waals surface area contributed by atoms with Crippen molar-refractivity contribution in [1.82, 2.24) is 0 Å². The average molecular weight is 219 g/mol. The van der Waals surface area contributed by atoms with Crippen LogP contribution in [0.5, 0.6) is 0 Å². The second-order valence-electron chi connectivity index (χ2n) is 2.68. The maximum absolute atomic E-state index is 5.46. The van der Waals surface area contributed by atoms with Crippen LogP contribution in [0.25, 0.3) is 0 Å². The summed E-state index contributed by atoms with van der Waals surface area (Å²) in [6.07, 6.45) is 2.03.